The second-order valence-electron chi connectivity index (χ2n) is 6.31. The molecule has 1 aliphatic rings. The Kier molecular flexibility index (Phi) is 4.13. The number of rotatable bonds is 2. The molecule has 0 spiro atoms. The molecule has 0 saturated carbocycles. The van der Waals surface area contributed by atoms with Gasteiger partial charge < -0.3 is 15.6 Å². The number of aromatic amines is 1. The van der Waals surface area contributed by atoms with E-state index >= 15 is 0 Å². The van der Waals surface area contributed by atoms with Gasteiger partial charge in [-0.2, -0.15) is 0 Å². The Bertz CT molecular complexity index is 1060. The highest BCUT2D eigenvalue weighted by molar-refractivity contribution is 6.40. The summed E-state index contributed by atoms with van der Waals surface area (Å²) in [6.07, 6.45) is 2.39. The molecule has 2 heterocycles. The molecule has 0 unspecified atom stereocenters. The minimum absolute atomic E-state index is 0.0571. The first kappa shape index (κ1) is 16.9. The highest BCUT2D eigenvalue weighted by Gasteiger charge is 2.27. The van der Waals surface area contributed by atoms with E-state index in [1.54, 1.807) is 11.0 Å². The summed E-state index contributed by atoms with van der Waals surface area (Å²) in [6.45, 7) is 0.892. The molecule has 2 aromatic carbocycles. The SMILES string of the molecule is NC(=O)c1c(Cl)cc2c(c1Cl)CCN(C(=O)c1ccc3cc[nH]c3c1)C2. The van der Waals surface area contributed by atoms with Gasteiger partial charge in [-0.05, 0) is 47.2 Å². The number of hydrogen-bond donors (Lipinski definition) is 2. The molecule has 0 fully saturated rings. The van der Waals surface area contributed by atoms with Crippen LogP contribution in [0.25, 0.3) is 10.9 Å². The molecule has 0 aliphatic carbocycles. The molecule has 0 bridgehead atoms. The maximum atomic E-state index is 12.9. The van der Waals surface area contributed by atoms with E-state index in [2.05, 4.69) is 4.98 Å². The summed E-state index contributed by atoms with van der Waals surface area (Å²) in [5, 5.41) is 1.56. The second-order valence-corrected chi connectivity index (χ2v) is 7.09. The zero-order chi connectivity index (χ0) is 18.4. The lowest BCUT2D eigenvalue weighted by Crippen LogP contribution is -2.36. The molecular weight excluding hydrogens is 373 g/mol. The van der Waals surface area contributed by atoms with Crippen LogP contribution >= 0.6 is 23.2 Å². The second kappa shape index (κ2) is 6.34. The van der Waals surface area contributed by atoms with Crippen LogP contribution in [0.2, 0.25) is 10.0 Å². The molecule has 7 heteroatoms. The maximum absolute atomic E-state index is 12.9. The molecule has 132 valence electrons. The van der Waals surface area contributed by atoms with Crippen LogP contribution in [0.15, 0.2) is 36.5 Å². The molecule has 5 nitrogen and oxygen atoms in total. The van der Waals surface area contributed by atoms with Crippen molar-refractivity contribution < 1.29 is 9.59 Å². The van der Waals surface area contributed by atoms with E-state index in [1.807, 2.05) is 30.5 Å². The fourth-order valence-corrected chi connectivity index (χ4v) is 4.19. The summed E-state index contributed by atoms with van der Waals surface area (Å²) >= 11 is 12.5. The molecule has 1 aliphatic heterocycles. The number of hydrogen-bond acceptors (Lipinski definition) is 2. The highest BCUT2D eigenvalue weighted by Crippen LogP contribution is 2.34. The number of nitrogens with one attached hydrogen (secondary N) is 1. The first-order valence-electron chi connectivity index (χ1n) is 8.11. The molecule has 0 saturated heterocycles. The number of carbonyl (C=O) groups is 2. The van der Waals surface area contributed by atoms with Crippen molar-refractivity contribution in [3.63, 3.8) is 0 Å². The Morgan fingerprint density at radius 2 is 1.96 bits per heavy atom. The summed E-state index contributed by atoms with van der Waals surface area (Å²) in [4.78, 5) is 29.3. The number of aromatic nitrogens is 1. The number of primary amides is 1. The van der Waals surface area contributed by atoms with E-state index in [0.717, 1.165) is 22.0 Å². The van der Waals surface area contributed by atoms with E-state index in [0.29, 0.717) is 30.1 Å². The van der Waals surface area contributed by atoms with Gasteiger partial charge in [0.05, 0.1) is 15.6 Å². The van der Waals surface area contributed by atoms with Crippen LogP contribution in [0.4, 0.5) is 0 Å². The lowest BCUT2D eigenvalue weighted by Gasteiger charge is -2.30. The van der Waals surface area contributed by atoms with Gasteiger partial charge in [0.1, 0.15) is 0 Å². The first-order valence-corrected chi connectivity index (χ1v) is 8.87. The fraction of sp³-hybridized carbons (Fsp3) is 0.158. The average molecular weight is 388 g/mol. The van der Waals surface area contributed by atoms with Gasteiger partial charge >= 0.3 is 0 Å². The van der Waals surface area contributed by atoms with E-state index in [4.69, 9.17) is 28.9 Å². The monoisotopic (exact) mass is 387 g/mol. The van der Waals surface area contributed by atoms with E-state index in [9.17, 15) is 9.59 Å². The van der Waals surface area contributed by atoms with Crippen LogP contribution in [0.1, 0.15) is 31.8 Å². The van der Waals surface area contributed by atoms with Crippen LogP contribution in [0, 0.1) is 0 Å². The molecule has 3 N–H and O–H groups in total. The van der Waals surface area contributed by atoms with Crippen LogP contribution < -0.4 is 5.73 Å². The Morgan fingerprint density at radius 1 is 1.15 bits per heavy atom. The summed E-state index contributed by atoms with van der Waals surface area (Å²) in [7, 11) is 0. The van der Waals surface area contributed by atoms with Gasteiger partial charge in [-0.15, -0.1) is 0 Å². The predicted molar refractivity (Wildman–Crippen MR) is 102 cm³/mol. The Labute approximate surface area is 159 Å². The third-order valence-electron chi connectivity index (χ3n) is 4.74. The number of halogens is 2. The topological polar surface area (TPSA) is 79.2 Å². The smallest absolute Gasteiger partial charge is 0.254 e. The van der Waals surface area contributed by atoms with E-state index in [-0.39, 0.29) is 16.5 Å². The molecule has 3 aromatic rings. The largest absolute Gasteiger partial charge is 0.366 e. The molecule has 4 rings (SSSR count). The van der Waals surface area contributed by atoms with E-state index in [1.165, 1.54) is 0 Å². The Balaban J connectivity index is 1.65. The standard InChI is InChI=1S/C19H15Cl2N3O2/c20-14-7-12-9-24(6-4-13(12)17(21)16(14)18(22)25)19(26)11-2-1-10-3-5-23-15(10)8-11/h1-3,5,7-8,23H,4,6,9H2,(H2,22,25). The molecule has 0 atom stereocenters. The number of nitrogens with two attached hydrogens (primary N) is 1. The summed E-state index contributed by atoms with van der Waals surface area (Å²) in [5.74, 6) is -0.709. The Hall–Kier alpha value is -2.50. The van der Waals surface area contributed by atoms with Crippen LogP contribution in [-0.2, 0) is 13.0 Å². The van der Waals surface area contributed by atoms with Crippen molar-refractivity contribution in [1.82, 2.24) is 9.88 Å². The zero-order valence-corrected chi connectivity index (χ0v) is 15.2. The average Bonchev–Trinajstić information content (AvgIpc) is 3.07. The highest BCUT2D eigenvalue weighted by atomic mass is 35.5. The van der Waals surface area contributed by atoms with Gasteiger partial charge in [0, 0.05) is 30.4 Å². The van der Waals surface area contributed by atoms with Crippen molar-refractivity contribution in [2.24, 2.45) is 5.73 Å². The van der Waals surface area contributed by atoms with Crippen LogP contribution in [-0.4, -0.2) is 28.2 Å². The van der Waals surface area contributed by atoms with Crippen molar-refractivity contribution in [3.8, 4) is 0 Å². The van der Waals surface area contributed by atoms with Crippen LogP contribution in [0.3, 0.4) is 0 Å². The number of carbonyl (C=O) groups excluding carboxylic acids is 2. The number of H-pyrrole nitrogens is 1. The van der Waals surface area contributed by atoms with Gasteiger partial charge in [-0.1, -0.05) is 29.3 Å². The zero-order valence-electron chi connectivity index (χ0n) is 13.7. The van der Waals surface area contributed by atoms with Crippen molar-refractivity contribution in [1.29, 1.82) is 0 Å². The quantitative estimate of drug-likeness (QED) is 0.701. The number of fused-ring (bicyclic) bond motifs is 2. The lowest BCUT2D eigenvalue weighted by molar-refractivity contribution is 0.0734. The molecule has 0 radical (unpaired) electrons. The van der Waals surface area contributed by atoms with Gasteiger partial charge in [-0.3, -0.25) is 9.59 Å². The molecule has 26 heavy (non-hydrogen) atoms. The third-order valence-corrected chi connectivity index (χ3v) is 5.46. The van der Waals surface area contributed by atoms with Crippen molar-refractivity contribution in [3.05, 3.63) is 68.8 Å². The Morgan fingerprint density at radius 3 is 2.73 bits per heavy atom. The van der Waals surface area contributed by atoms with Gasteiger partial charge in [0.25, 0.3) is 11.8 Å². The van der Waals surface area contributed by atoms with Gasteiger partial charge in [0.2, 0.25) is 0 Å². The van der Waals surface area contributed by atoms with Crippen molar-refractivity contribution in [2.75, 3.05) is 6.54 Å². The van der Waals surface area contributed by atoms with Gasteiger partial charge in [-0.25, -0.2) is 0 Å². The molecular formula is C19H15Cl2N3O2. The van der Waals surface area contributed by atoms with Crippen molar-refractivity contribution >= 4 is 45.9 Å². The number of amides is 2. The fourth-order valence-electron chi connectivity index (χ4n) is 3.41. The van der Waals surface area contributed by atoms with Crippen molar-refractivity contribution in [2.45, 2.75) is 13.0 Å². The third kappa shape index (κ3) is 2.73. The van der Waals surface area contributed by atoms with Crippen LogP contribution in [0.5, 0.6) is 0 Å². The first-order chi connectivity index (χ1) is 12.5. The minimum atomic E-state index is -0.652. The minimum Gasteiger partial charge on any atom is -0.366 e. The maximum Gasteiger partial charge on any atom is 0.254 e. The predicted octanol–water partition coefficient (Wildman–Crippen LogP) is 3.77. The van der Waals surface area contributed by atoms with E-state index < -0.39 is 5.91 Å². The number of benzene rings is 2. The number of nitrogens with zero attached hydrogens (tertiary/aromatic N) is 1. The summed E-state index contributed by atoms with van der Waals surface area (Å²) in [6, 6.07) is 9.23. The molecule has 1 aromatic heterocycles. The normalized spacial score (nSPS) is 13.7. The summed E-state index contributed by atoms with van der Waals surface area (Å²) < 4.78 is 0. The lowest BCUT2D eigenvalue weighted by atomic mass is 9.96. The molecule has 2 amide bonds. The summed E-state index contributed by atoms with van der Waals surface area (Å²) in [5.41, 5.74) is 8.71. The van der Waals surface area contributed by atoms with Gasteiger partial charge in [0.15, 0.2) is 0 Å².